The summed E-state index contributed by atoms with van der Waals surface area (Å²) in [5.41, 5.74) is 4.24. The van der Waals surface area contributed by atoms with E-state index in [0.717, 1.165) is 0 Å². The Morgan fingerprint density at radius 2 is 1.65 bits per heavy atom. The Labute approximate surface area is 95.8 Å². The van der Waals surface area contributed by atoms with Gasteiger partial charge in [-0.1, -0.05) is 0 Å². The minimum Gasteiger partial charge on any atom is -0.375 e. The molecule has 0 unspecified atom stereocenters. The lowest BCUT2D eigenvalue weighted by molar-refractivity contribution is -0.170. The van der Waals surface area contributed by atoms with Crippen molar-refractivity contribution in [2.24, 2.45) is 10.8 Å². The van der Waals surface area contributed by atoms with Crippen molar-refractivity contribution in [2.45, 2.75) is 18.8 Å². The molecule has 0 radical (unpaired) electrons. The van der Waals surface area contributed by atoms with Crippen LogP contribution < -0.4 is 11.2 Å². The number of hydrogen-bond donors (Lipinski definition) is 2. The molecule has 3 N–H and O–H groups in total. The van der Waals surface area contributed by atoms with Crippen LogP contribution in [-0.4, -0.2) is 29.0 Å². The van der Waals surface area contributed by atoms with E-state index in [4.69, 9.17) is 5.73 Å². The van der Waals surface area contributed by atoms with E-state index in [2.05, 4.69) is 17.3 Å². The molecule has 0 rings (SSSR count). The number of alkyl halides is 6. The second-order valence-corrected chi connectivity index (χ2v) is 3.07. The molecule has 4 nitrogen and oxygen atoms in total. The Bertz CT molecular complexity index is 347. The Kier molecular flexibility index (Phi) is 4.86. The first-order valence-electron chi connectivity index (χ1n) is 3.74. The Morgan fingerprint density at radius 3 is 1.94 bits per heavy atom. The SMILES string of the molecule is NC(=S)N/N=C(\CC(=O)C(F)(F)F)C(F)(F)F. The normalized spacial score (nSPS) is 13.4. The van der Waals surface area contributed by atoms with Crippen LogP contribution in [0.25, 0.3) is 0 Å². The van der Waals surface area contributed by atoms with Crippen molar-refractivity contribution in [1.82, 2.24) is 5.43 Å². The lowest BCUT2D eigenvalue weighted by atomic mass is 10.2. The van der Waals surface area contributed by atoms with E-state index in [-0.39, 0.29) is 0 Å². The number of nitrogens with one attached hydrogen (secondary N) is 1. The molecule has 11 heteroatoms. The number of nitrogens with zero attached hydrogens (tertiary/aromatic N) is 1. The first-order valence-corrected chi connectivity index (χ1v) is 4.14. The topological polar surface area (TPSA) is 67.5 Å². The molecule has 0 heterocycles. The molecule has 0 aromatic carbocycles. The van der Waals surface area contributed by atoms with Gasteiger partial charge in [0.05, 0.1) is 6.42 Å². The third-order valence-electron chi connectivity index (χ3n) is 1.27. The van der Waals surface area contributed by atoms with Gasteiger partial charge in [-0.2, -0.15) is 31.4 Å². The highest BCUT2D eigenvalue weighted by atomic mass is 32.1. The third-order valence-corrected chi connectivity index (χ3v) is 1.36. The molecule has 0 amide bonds. The van der Waals surface area contributed by atoms with Crippen molar-refractivity contribution < 1.29 is 31.1 Å². The zero-order chi connectivity index (χ0) is 13.9. The van der Waals surface area contributed by atoms with Gasteiger partial charge in [0, 0.05) is 0 Å². The average molecular weight is 281 g/mol. The number of carbonyl (C=O) groups is 1. The van der Waals surface area contributed by atoms with Crippen molar-refractivity contribution >= 4 is 28.8 Å². The van der Waals surface area contributed by atoms with Crippen LogP contribution in [0.1, 0.15) is 6.42 Å². The first-order chi connectivity index (χ1) is 7.44. The molecule has 0 aliphatic rings. The molecular formula is C6H5F6N3OS. The van der Waals surface area contributed by atoms with Crippen molar-refractivity contribution in [1.29, 1.82) is 0 Å². The molecule has 0 fully saturated rings. The van der Waals surface area contributed by atoms with Crippen LogP contribution >= 0.6 is 12.2 Å². The van der Waals surface area contributed by atoms with Crippen LogP contribution in [0.4, 0.5) is 26.3 Å². The quantitative estimate of drug-likeness (QED) is 0.354. The molecule has 0 spiro atoms. The maximum absolute atomic E-state index is 12.1. The third kappa shape index (κ3) is 6.04. The Morgan fingerprint density at radius 1 is 1.18 bits per heavy atom. The fourth-order valence-electron chi connectivity index (χ4n) is 0.578. The van der Waals surface area contributed by atoms with Crippen molar-refractivity contribution in [2.75, 3.05) is 0 Å². The predicted octanol–water partition coefficient (Wildman–Crippen LogP) is 1.26. The molecular weight excluding hydrogens is 276 g/mol. The molecule has 0 atom stereocenters. The summed E-state index contributed by atoms with van der Waals surface area (Å²) in [5.74, 6) is -2.57. The fraction of sp³-hybridized carbons (Fsp3) is 0.500. The number of rotatable bonds is 3. The van der Waals surface area contributed by atoms with Crippen LogP contribution in [0.5, 0.6) is 0 Å². The van der Waals surface area contributed by atoms with Gasteiger partial charge in [-0.25, -0.2) is 0 Å². The maximum Gasteiger partial charge on any atom is 0.450 e. The largest absolute Gasteiger partial charge is 0.450 e. The van der Waals surface area contributed by atoms with Gasteiger partial charge >= 0.3 is 12.4 Å². The van der Waals surface area contributed by atoms with Crippen LogP contribution in [-0.2, 0) is 4.79 Å². The summed E-state index contributed by atoms with van der Waals surface area (Å²) >= 11 is 4.11. The van der Waals surface area contributed by atoms with Gasteiger partial charge in [-0.05, 0) is 12.2 Å². The number of carbonyl (C=O) groups excluding carboxylic acids is 1. The van der Waals surface area contributed by atoms with Crippen molar-refractivity contribution in [3.63, 3.8) is 0 Å². The molecule has 0 saturated carbocycles. The molecule has 0 bridgehead atoms. The number of halogens is 6. The summed E-state index contributed by atoms with van der Waals surface area (Å²) in [4.78, 5) is 10.4. The summed E-state index contributed by atoms with van der Waals surface area (Å²) in [6.45, 7) is 0. The van der Waals surface area contributed by atoms with Gasteiger partial charge < -0.3 is 5.73 Å². The maximum atomic E-state index is 12.1. The lowest BCUT2D eigenvalue weighted by Crippen LogP contribution is -2.35. The van der Waals surface area contributed by atoms with Crippen molar-refractivity contribution in [3.8, 4) is 0 Å². The Hall–Kier alpha value is -1.39. The number of Topliss-reactive ketones (excluding diaryl/α,β-unsaturated/α-hetero) is 1. The molecule has 98 valence electrons. The summed E-state index contributed by atoms with van der Waals surface area (Å²) in [6.07, 6.45) is -12.5. The molecule has 0 aromatic rings. The Balaban J connectivity index is 4.92. The van der Waals surface area contributed by atoms with Crippen LogP contribution in [0, 0.1) is 0 Å². The smallest absolute Gasteiger partial charge is 0.375 e. The highest BCUT2D eigenvalue weighted by Crippen LogP contribution is 2.24. The number of hydrogen-bond acceptors (Lipinski definition) is 3. The van der Waals surface area contributed by atoms with Gasteiger partial charge in [-0.15, -0.1) is 0 Å². The van der Waals surface area contributed by atoms with E-state index in [1.165, 1.54) is 5.43 Å². The highest BCUT2D eigenvalue weighted by molar-refractivity contribution is 7.80. The second kappa shape index (κ2) is 5.29. The van der Waals surface area contributed by atoms with Crippen LogP contribution in [0.15, 0.2) is 5.10 Å². The van der Waals surface area contributed by atoms with Crippen LogP contribution in [0.2, 0.25) is 0 Å². The van der Waals surface area contributed by atoms with E-state index < -0.39 is 35.4 Å². The second-order valence-electron chi connectivity index (χ2n) is 2.63. The van der Waals surface area contributed by atoms with Gasteiger partial charge in [0.25, 0.3) is 0 Å². The minimum absolute atomic E-state index is 0.675. The van der Waals surface area contributed by atoms with E-state index in [1.807, 2.05) is 0 Å². The standard InChI is InChI=1S/C6H5F6N3OS/c7-5(8,9)2(14-15-4(13)17)1-3(16)6(10,11)12/h1H2,(H3,13,15,17)/b14-2+. The molecule has 0 aliphatic heterocycles. The predicted molar refractivity (Wildman–Crippen MR) is 49.1 cm³/mol. The van der Waals surface area contributed by atoms with E-state index in [0.29, 0.717) is 0 Å². The number of nitrogens with two attached hydrogens (primary N) is 1. The molecule has 17 heavy (non-hydrogen) atoms. The van der Waals surface area contributed by atoms with E-state index in [1.54, 1.807) is 0 Å². The number of hydrazone groups is 1. The van der Waals surface area contributed by atoms with Crippen molar-refractivity contribution in [3.05, 3.63) is 0 Å². The van der Waals surface area contributed by atoms with Gasteiger partial charge in [0.15, 0.2) is 5.11 Å². The summed E-state index contributed by atoms with van der Waals surface area (Å²) in [7, 11) is 0. The van der Waals surface area contributed by atoms with Gasteiger partial charge in [0.2, 0.25) is 5.78 Å². The van der Waals surface area contributed by atoms with Crippen LogP contribution in [0.3, 0.4) is 0 Å². The molecule has 0 aliphatic carbocycles. The minimum atomic E-state index is -5.37. The zero-order valence-corrected chi connectivity index (χ0v) is 8.63. The van der Waals surface area contributed by atoms with E-state index in [9.17, 15) is 31.1 Å². The highest BCUT2D eigenvalue weighted by Gasteiger charge is 2.44. The number of thiocarbonyl (C=S) groups is 1. The molecule has 0 saturated heterocycles. The summed E-state index contributed by atoms with van der Waals surface area (Å²) < 4.78 is 71.7. The van der Waals surface area contributed by atoms with E-state index >= 15 is 0 Å². The fourth-order valence-corrected chi connectivity index (χ4v) is 0.624. The summed E-state index contributed by atoms with van der Waals surface area (Å²) in [5, 5.41) is 1.83. The summed E-state index contributed by atoms with van der Waals surface area (Å²) in [6, 6.07) is 0. The average Bonchev–Trinajstić information content (AvgIpc) is 2.07. The van der Waals surface area contributed by atoms with Gasteiger partial charge in [-0.3, -0.25) is 10.2 Å². The molecule has 0 aromatic heterocycles. The zero-order valence-electron chi connectivity index (χ0n) is 7.82. The lowest BCUT2D eigenvalue weighted by Gasteiger charge is -2.11. The number of ketones is 1. The van der Waals surface area contributed by atoms with Gasteiger partial charge in [0.1, 0.15) is 5.71 Å². The monoisotopic (exact) mass is 281 g/mol. The first kappa shape index (κ1) is 15.6.